The van der Waals surface area contributed by atoms with Crippen LogP contribution in [0.2, 0.25) is 0 Å². The van der Waals surface area contributed by atoms with Gasteiger partial charge >= 0.3 is 10.4 Å². The molecule has 9 nitrogen and oxygen atoms in total. The van der Waals surface area contributed by atoms with Gasteiger partial charge in [-0.1, -0.05) is 0 Å². The fourth-order valence-electron chi connectivity index (χ4n) is 1.82. The van der Waals surface area contributed by atoms with Gasteiger partial charge in [0.1, 0.15) is 0 Å². The van der Waals surface area contributed by atoms with Crippen LogP contribution < -0.4 is 4.90 Å². The third-order valence-electron chi connectivity index (χ3n) is 2.85. The van der Waals surface area contributed by atoms with Gasteiger partial charge in [0.05, 0.1) is 22.9 Å². The topological polar surface area (TPSA) is 135 Å². The Morgan fingerprint density at radius 1 is 0.957 bits per heavy atom. The second kappa shape index (κ2) is 6.20. The lowest BCUT2D eigenvalue weighted by Crippen LogP contribution is -2.29. The first-order valence-electron chi connectivity index (χ1n) is 6.11. The average Bonchev–Trinajstić information content (AvgIpc) is 2.76. The fourth-order valence-corrected chi connectivity index (χ4v) is 3.31. The number of hydrogen-bond acceptors (Lipinski definition) is 7. The molecule has 23 heavy (non-hydrogen) atoms. The lowest BCUT2D eigenvalue weighted by atomic mass is 10.3. The van der Waals surface area contributed by atoms with E-state index in [-0.39, 0.29) is 10.6 Å². The van der Waals surface area contributed by atoms with Crippen LogP contribution in [0.3, 0.4) is 0 Å². The zero-order valence-electron chi connectivity index (χ0n) is 11.4. The average molecular weight is 361 g/mol. The van der Waals surface area contributed by atoms with E-state index in [1.807, 2.05) is 0 Å². The Labute approximate surface area is 132 Å². The first-order valence-corrected chi connectivity index (χ1v) is 9.13. The van der Waals surface area contributed by atoms with E-state index in [1.54, 1.807) is 0 Å². The standard InChI is InChI=1S/C12H11NO8S2/c14-11-5-6-12(15)13(11)9-1-3-10(4-2-9)22(16,17)8-7-21-23(18,19)20/h1-6H,7-8H2,(H,18,19,20). The van der Waals surface area contributed by atoms with Gasteiger partial charge in [0.2, 0.25) is 0 Å². The van der Waals surface area contributed by atoms with Crippen LogP contribution in [0.5, 0.6) is 0 Å². The molecule has 0 saturated heterocycles. The Morgan fingerprint density at radius 2 is 1.48 bits per heavy atom. The monoisotopic (exact) mass is 361 g/mol. The molecule has 2 rings (SSSR count). The van der Waals surface area contributed by atoms with Gasteiger partial charge in [0.15, 0.2) is 9.84 Å². The molecule has 1 aliphatic heterocycles. The molecule has 1 aliphatic rings. The van der Waals surface area contributed by atoms with E-state index >= 15 is 0 Å². The number of sulfone groups is 1. The van der Waals surface area contributed by atoms with Crippen molar-refractivity contribution < 1.29 is 35.2 Å². The number of rotatable bonds is 6. The predicted molar refractivity (Wildman–Crippen MR) is 77.6 cm³/mol. The molecule has 0 radical (unpaired) electrons. The molecule has 0 unspecified atom stereocenters. The normalized spacial score (nSPS) is 15.4. The Balaban J connectivity index is 2.12. The Morgan fingerprint density at radius 3 is 1.96 bits per heavy atom. The van der Waals surface area contributed by atoms with Crippen molar-refractivity contribution in [2.24, 2.45) is 0 Å². The number of amides is 2. The largest absolute Gasteiger partial charge is 0.397 e. The summed E-state index contributed by atoms with van der Waals surface area (Å²) in [7, 11) is -8.57. The summed E-state index contributed by atoms with van der Waals surface area (Å²) in [6.07, 6.45) is 2.19. The fraction of sp³-hybridized carbons (Fsp3) is 0.167. The van der Waals surface area contributed by atoms with Gasteiger partial charge in [-0.3, -0.25) is 14.1 Å². The number of benzene rings is 1. The molecule has 1 N–H and O–H groups in total. The van der Waals surface area contributed by atoms with Crippen molar-refractivity contribution in [2.75, 3.05) is 17.3 Å². The zero-order chi connectivity index (χ0) is 17.3. The van der Waals surface area contributed by atoms with Crippen LogP contribution in [0.25, 0.3) is 0 Å². The van der Waals surface area contributed by atoms with Crippen LogP contribution in [0.15, 0.2) is 41.3 Å². The molecule has 11 heteroatoms. The highest BCUT2D eigenvalue weighted by Crippen LogP contribution is 2.21. The van der Waals surface area contributed by atoms with Crippen LogP contribution >= 0.6 is 0 Å². The summed E-state index contributed by atoms with van der Waals surface area (Å²) in [5.74, 6) is -1.74. The minimum Gasteiger partial charge on any atom is -0.269 e. The Kier molecular flexibility index (Phi) is 4.66. The van der Waals surface area contributed by atoms with Crippen LogP contribution in [0, 0.1) is 0 Å². The van der Waals surface area contributed by atoms with Crippen molar-refractivity contribution in [3.8, 4) is 0 Å². The van der Waals surface area contributed by atoms with E-state index in [2.05, 4.69) is 4.18 Å². The molecule has 1 heterocycles. The molecule has 0 aliphatic carbocycles. The van der Waals surface area contributed by atoms with E-state index in [0.717, 1.165) is 17.1 Å². The maximum atomic E-state index is 12.0. The van der Waals surface area contributed by atoms with E-state index < -0.39 is 44.4 Å². The summed E-state index contributed by atoms with van der Waals surface area (Å²) in [5.41, 5.74) is 0.207. The van der Waals surface area contributed by atoms with Gasteiger partial charge in [0, 0.05) is 12.2 Å². The number of nitrogens with zero attached hydrogens (tertiary/aromatic N) is 1. The molecule has 1 aromatic carbocycles. The number of carbonyl (C=O) groups excluding carboxylic acids is 2. The first kappa shape index (κ1) is 17.3. The lowest BCUT2D eigenvalue weighted by molar-refractivity contribution is -0.119. The van der Waals surface area contributed by atoms with E-state index in [0.29, 0.717) is 0 Å². The van der Waals surface area contributed by atoms with Crippen molar-refractivity contribution in [1.29, 1.82) is 0 Å². The predicted octanol–water partition coefficient (Wildman–Crippen LogP) is -0.291. The summed E-state index contributed by atoms with van der Waals surface area (Å²) in [5, 5.41) is 0. The van der Waals surface area contributed by atoms with Crippen molar-refractivity contribution in [2.45, 2.75) is 4.90 Å². The van der Waals surface area contributed by atoms with Crippen molar-refractivity contribution >= 4 is 37.7 Å². The number of hydrogen-bond donors (Lipinski definition) is 1. The summed E-state index contributed by atoms with van der Waals surface area (Å²) < 4.78 is 57.0. The summed E-state index contributed by atoms with van der Waals surface area (Å²) in [6, 6.07) is 4.91. The van der Waals surface area contributed by atoms with E-state index in [9.17, 15) is 26.4 Å². The molecule has 1 aromatic rings. The maximum Gasteiger partial charge on any atom is 0.397 e. The summed E-state index contributed by atoms with van der Waals surface area (Å²) in [4.78, 5) is 23.7. The molecule has 124 valence electrons. The first-order chi connectivity index (χ1) is 10.6. The second-order valence-corrected chi connectivity index (χ2v) is 7.61. The highest BCUT2D eigenvalue weighted by molar-refractivity contribution is 7.91. The molecule has 0 fully saturated rings. The van der Waals surface area contributed by atoms with Gasteiger partial charge < -0.3 is 0 Å². The quantitative estimate of drug-likeness (QED) is 0.539. The molecule has 0 bridgehead atoms. The van der Waals surface area contributed by atoms with Crippen LogP contribution in [0.4, 0.5) is 5.69 Å². The lowest BCUT2D eigenvalue weighted by Gasteiger charge is -2.14. The van der Waals surface area contributed by atoms with Crippen LogP contribution in [-0.4, -0.2) is 45.6 Å². The van der Waals surface area contributed by atoms with E-state index in [1.165, 1.54) is 24.3 Å². The minimum absolute atomic E-state index is 0.146. The van der Waals surface area contributed by atoms with E-state index in [4.69, 9.17) is 4.55 Å². The smallest absolute Gasteiger partial charge is 0.269 e. The van der Waals surface area contributed by atoms with Crippen molar-refractivity contribution in [3.05, 3.63) is 36.4 Å². The van der Waals surface area contributed by atoms with Crippen LogP contribution in [0.1, 0.15) is 0 Å². The molecule has 0 spiro atoms. The summed E-state index contributed by atoms with van der Waals surface area (Å²) in [6.45, 7) is -0.740. The highest BCUT2D eigenvalue weighted by Gasteiger charge is 2.25. The zero-order valence-corrected chi connectivity index (χ0v) is 13.1. The van der Waals surface area contributed by atoms with Crippen molar-refractivity contribution in [3.63, 3.8) is 0 Å². The van der Waals surface area contributed by atoms with Gasteiger partial charge in [-0.25, -0.2) is 17.5 Å². The third-order valence-corrected chi connectivity index (χ3v) is 5.01. The Bertz CT molecular complexity index is 850. The molecule has 0 saturated carbocycles. The summed E-state index contributed by atoms with van der Waals surface area (Å²) >= 11 is 0. The van der Waals surface area contributed by atoms with Gasteiger partial charge in [-0.2, -0.15) is 8.42 Å². The molecular weight excluding hydrogens is 350 g/mol. The Hall–Kier alpha value is -2.08. The van der Waals surface area contributed by atoms with Crippen molar-refractivity contribution in [1.82, 2.24) is 0 Å². The minimum atomic E-state index is -4.71. The highest BCUT2D eigenvalue weighted by atomic mass is 32.3. The molecule has 0 aromatic heterocycles. The van der Waals surface area contributed by atoms with Gasteiger partial charge in [0.25, 0.3) is 11.8 Å². The maximum absolute atomic E-state index is 12.0. The SMILES string of the molecule is O=C1C=CC(=O)N1c1ccc(S(=O)(=O)CCOS(=O)(=O)O)cc1. The van der Waals surface area contributed by atoms with Gasteiger partial charge in [-0.15, -0.1) is 0 Å². The number of carbonyl (C=O) groups is 2. The number of imide groups is 1. The van der Waals surface area contributed by atoms with Gasteiger partial charge in [-0.05, 0) is 24.3 Å². The van der Waals surface area contributed by atoms with Crippen LogP contribution in [-0.2, 0) is 34.0 Å². The second-order valence-electron chi connectivity index (χ2n) is 4.41. The molecule has 2 amide bonds. The third kappa shape index (κ3) is 4.22. The number of anilines is 1. The molecule has 0 atom stereocenters. The molecular formula is C12H11NO8S2.